The number of likely N-dealkylation sites (N-methyl/N-ethyl adjacent to an activating group) is 2. The molecule has 0 aromatic rings. The number of rotatable bonds is 29. The fourth-order valence-corrected chi connectivity index (χ4v) is 4.13. The normalized spacial score (nSPS) is 10.8. The number of halogens is 1. The summed E-state index contributed by atoms with van der Waals surface area (Å²) in [6, 6.07) is 0. The number of ether oxygens (including phenoxy) is 8. The summed E-state index contributed by atoms with van der Waals surface area (Å²) >= 11 is 4.67. The maximum atomic E-state index is 12.1. The molecule has 0 heterocycles. The van der Waals surface area contributed by atoms with E-state index in [4.69, 9.17) is 47.8 Å². The molecule has 4 N–H and O–H groups in total. The number of carbonyl (C=O) groups excluding carboxylic acids is 10. The molecule has 0 saturated carbocycles. The van der Waals surface area contributed by atoms with Gasteiger partial charge in [-0.15, -0.1) is 11.6 Å². The molecule has 0 aromatic heterocycles. The summed E-state index contributed by atoms with van der Waals surface area (Å²) in [4.78, 5) is 114. The van der Waals surface area contributed by atoms with E-state index in [2.05, 4.69) is 59.2 Å². The van der Waals surface area contributed by atoms with Crippen molar-refractivity contribution >= 4 is 71.8 Å². The zero-order valence-corrected chi connectivity index (χ0v) is 45.2. The zero-order valence-electron chi connectivity index (χ0n) is 41.3. The van der Waals surface area contributed by atoms with Crippen molar-refractivity contribution in [2.45, 2.75) is 39.9 Å². The van der Waals surface area contributed by atoms with Gasteiger partial charge in [0.15, 0.2) is 12.2 Å². The Morgan fingerprint density at radius 2 is 0.814 bits per heavy atom. The molecule has 2 unspecified atom stereocenters. The van der Waals surface area contributed by atoms with Gasteiger partial charge in [0.25, 0.3) is 0 Å². The van der Waals surface area contributed by atoms with Crippen LogP contribution in [0.5, 0.6) is 0 Å². The Kier molecular flexibility index (Phi) is 42.2. The standard InChI is InChI=1S/C21H33N3O10.C19H31N3O8.C2H3ClO2.K/c1-14(2)18(27)31-9-7-22-20(29)33-13-16(11-24(5,6)12-17(25)26)34-21(30)23-8-10-32-19(28)15(3)4;1-13(2)16(23)27-9-7-20-18(25)29-12-15(11-22(5)6)30-19(26)21-8-10-28-17(24)14(3)4;3-1-2(4)5;/h16H,1,3,7-13H2,2,4-6H3,(H2-,22,23,25,26,29,30);15H,1,3,7-12H2,2,4-6H3,(H,20,25)(H,21,26);1H2,(H,4,5);/q;;;+1/p-1. The molecule has 4 amide bonds. The first-order valence-corrected chi connectivity index (χ1v) is 21.0. The second-order valence-corrected chi connectivity index (χ2v) is 15.3. The van der Waals surface area contributed by atoms with E-state index in [-0.39, 0.29) is 157 Å². The van der Waals surface area contributed by atoms with Gasteiger partial charge in [0.2, 0.25) is 0 Å². The van der Waals surface area contributed by atoms with Gasteiger partial charge in [0, 0.05) is 28.8 Å². The maximum Gasteiger partial charge on any atom is 1.00 e. The maximum absolute atomic E-state index is 12.1. The Bertz CT molecular complexity index is 1780. The molecule has 26 nitrogen and oxygen atoms in total. The van der Waals surface area contributed by atoms with Gasteiger partial charge in [-0.05, 0) is 41.8 Å². The van der Waals surface area contributed by atoms with Crippen LogP contribution in [0.2, 0.25) is 0 Å². The van der Waals surface area contributed by atoms with Gasteiger partial charge >= 0.3 is 99.6 Å². The second kappa shape index (κ2) is 41.5. The fourth-order valence-electron chi connectivity index (χ4n) is 4.13. The molecule has 0 aliphatic carbocycles. The van der Waals surface area contributed by atoms with E-state index < -0.39 is 78.3 Å². The third kappa shape index (κ3) is 45.2. The average molecular weight is 1050 g/mol. The molecule has 0 aliphatic heterocycles. The summed E-state index contributed by atoms with van der Waals surface area (Å²) in [6.45, 7) is 18.8. The molecule has 0 aromatic carbocycles. The van der Waals surface area contributed by atoms with Gasteiger partial charge in [-0.25, -0.2) is 38.4 Å². The van der Waals surface area contributed by atoms with Gasteiger partial charge in [-0.3, -0.25) is 0 Å². The molecule has 0 fully saturated rings. The predicted molar refractivity (Wildman–Crippen MR) is 239 cm³/mol. The molecule has 0 rings (SSSR count). The summed E-state index contributed by atoms with van der Waals surface area (Å²) in [6.07, 6.45) is -4.99. The molecule has 0 aliphatic rings. The summed E-state index contributed by atoms with van der Waals surface area (Å²) in [5.41, 5.74) is 0.939. The van der Waals surface area contributed by atoms with Gasteiger partial charge < -0.3 is 88.3 Å². The van der Waals surface area contributed by atoms with Crippen molar-refractivity contribution < 1.29 is 152 Å². The summed E-state index contributed by atoms with van der Waals surface area (Å²) in [5.74, 6) is -5.27. The van der Waals surface area contributed by atoms with Crippen LogP contribution in [-0.4, -0.2) is 201 Å². The summed E-state index contributed by atoms with van der Waals surface area (Å²) in [5, 5.41) is 29.7. The number of hydrogen-bond acceptors (Lipinski definition) is 21. The van der Waals surface area contributed by atoms with Crippen LogP contribution < -0.4 is 82.9 Å². The number of esters is 4. The number of carbonyl (C=O) groups is 10. The Labute approximate surface area is 454 Å². The monoisotopic (exact) mass is 1050 g/mol. The first-order valence-electron chi connectivity index (χ1n) is 20.5. The predicted octanol–water partition coefficient (Wildman–Crippen LogP) is -4.54. The Morgan fingerprint density at radius 1 is 0.529 bits per heavy atom. The topological polar surface area (TPSA) is 342 Å². The van der Waals surface area contributed by atoms with Crippen LogP contribution in [0.1, 0.15) is 27.7 Å². The minimum atomic E-state index is -1.31. The van der Waals surface area contributed by atoms with Crippen LogP contribution in [0.25, 0.3) is 0 Å². The number of hydrogen-bond donors (Lipinski definition) is 4. The number of nitrogens with one attached hydrogen (secondary N) is 4. The Hall–Kier alpha value is -5.29. The van der Waals surface area contributed by atoms with Crippen molar-refractivity contribution in [3.8, 4) is 0 Å². The largest absolute Gasteiger partial charge is 1.00 e. The van der Waals surface area contributed by atoms with E-state index in [1.165, 1.54) is 27.7 Å². The van der Waals surface area contributed by atoms with Crippen LogP contribution in [0.3, 0.4) is 0 Å². The van der Waals surface area contributed by atoms with Crippen LogP contribution in [0.4, 0.5) is 19.2 Å². The number of alkyl carbamates (subject to hydrolysis) is 4. The van der Waals surface area contributed by atoms with Gasteiger partial charge in [-0.2, -0.15) is 0 Å². The van der Waals surface area contributed by atoms with Crippen molar-refractivity contribution in [3.05, 3.63) is 48.6 Å². The summed E-state index contributed by atoms with van der Waals surface area (Å²) < 4.78 is 39.7. The third-order valence-electron chi connectivity index (χ3n) is 7.09. The van der Waals surface area contributed by atoms with E-state index in [0.29, 0.717) is 6.54 Å². The first-order chi connectivity index (χ1) is 32.0. The van der Waals surface area contributed by atoms with E-state index in [1.54, 1.807) is 33.1 Å². The first kappa shape index (κ1) is 71.3. The van der Waals surface area contributed by atoms with Crippen LogP contribution in [-0.2, 0) is 66.7 Å². The summed E-state index contributed by atoms with van der Waals surface area (Å²) in [7, 11) is 6.66. The van der Waals surface area contributed by atoms with Gasteiger partial charge in [-0.1, -0.05) is 26.3 Å². The van der Waals surface area contributed by atoms with Crippen molar-refractivity contribution in [2.75, 3.05) is 120 Å². The number of alkyl halides is 1. The Morgan fingerprint density at radius 3 is 1.09 bits per heavy atom. The third-order valence-corrected chi connectivity index (χ3v) is 7.31. The second-order valence-electron chi connectivity index (χ2n) is 15.0. The SMILES string of the molecule is C=C(C)C(=O)OCCNC(=O)OCC(CN(C)C)OC(=O)NCCOC(=O)C(=C)C.C=C(C)C(=O)OCCNC(=O)OCC(C[N+](C)(C)CC(=O)[O-])OC(=O)NCCOC(=O)C(=C)C.O=C([O-])CCl.[K+]. The number of aliphatic carboxylic acids is 2. The van der Waals surface area contributed by atoms with Gasteiger partial charge in [0.05, 0.1) is 58.1 Å². The number of quaternary nitrogens is 1. The molecule has 0 spiro atoms. The molecular weight excluding hydrogens is 983 g/mol. The smallest absolute Gasteiger partial charge is 0.549 e. The zero-order chi connectivity index (χ0) is 53.7. The minimum absolute atomic E-state index is 0. The number of amides is 4. The van der Waals surface area contributed by atoms with Crippen molar-refractivity contribution in [2.24, 2.45) is 0 Å². The molecular formula is C42H66ClKN6O20. The molecule has 70 heavy (non-hydrogen) atoms. The van der Waals surface area contributed by atoms with Crippen LogP contribution in [0.15, 0.2) is 48.6 Å². The number of carboxylic acid groups (broad SMARTS) is 2. The molecule has 2 atom stereocenters. The molecule has 28 heteroatoms. The average Bonchev–Trinajstić information content (AvgIpc) is 3.24. The van der Waals surface area contributed by atoms with E-state index >= 15 is 0 Å². The molecule has 392 valence electrons. The molecule has 0 saturated heterocycles. The Balaban J connectivity index is -0.000000562. The van der Waals surface area contributed by atoms with Crippen LogP contribution >= 0.6 is 11.6 Å². The van der Waals surface area contributed by atoms with Crippen molar-refractivity contribution in [3.63, 3.8) is 0 Å². The minimum Gasteiger partial charge on any atom is -0.549 e. The number of carboxylic acids is 2. The van der Waals surface area contributed by atoms with E-state index in [1.807, 2.05) is 0 Å². The van der Waals surface area contributed by atoms with Gasteiger partial charge in [0.1, 0.15) is 52.7 Å². The van der Waals surface area contributed by atoms with E-state index in [0.717, 1.165) is 0 Å². The van der Waals surface area contributed by atoms with Crippen LogP contribution in [0, 0.1) is 0 Å². The van der Waals surface area contributed by atoms with Crippen molar-refractivity contribution in [1.82, 2.24) is 26.2 Å². The molecule has 0 bridgehead atoms. The van der Waals surface area contributed by atoms with E-state index in [9.17, 15) is 48.3 Å². The fraction of sp³-hybridized carbons (Fsp3) is 0.571. The molecule has 0 radical (unpaired) electrons. The number of nitrogens with zero attached hydrogens (tertiary/aromatic N) is 2. The quantitative estimate of drug-likeness (QED) is 0.0104. The van der Waals surface area contributed by atoms with Crippen molar-refractivity contribution in [1.29, 1.82) is 0 Å².